The number of aliphatic carboxylic acids is 2. The predicted octanol–water partition coefficient (Wildman–Crippen LogP) is 2.31. The summed E-state index contributed by atoms with van der Waals surface area (Å²) in [7, 11) is 3.36. The van der Waals surface area contributed by atoms with Crippen molar-refractivity contribution in [3.8, 4) is 5.75 Å². The van der Waals surface area contributed by atoms with Gasteiger partial charge in [-0.1, -0.05) is 31.2 Å². The van der Waals surface area contributed by atoms with E-state index in [1.54, 1.807) is 14.2 Å². The molecule has 0 bridgehead atoms. The van der Waals surface area contributed by atoms with Crippen molar-refractivity contribution in [2.45, 2.75) is 32.0 Å². The number of likely N-dealkylation sites (N-methyl/N-ethyl adjacent to an activating group) is 2. The minimum absolute atomic E-state index is 0.0487. The number of carboxylic acids is 2. The number of fused-ring (bicyclic) bond motifs is 1. The lowest BCUT2D eigenvalue weighted by atomic mass is 9.94. The van der Waals surface area contributed by atoms with E-state index in [0.29, 0.717) is 19.8 Å². The number of carboxylic acid groups (broad SMARTS) is 2. The molecule has 1 aliphatic rings. The highest BCUT2D eigenvalue weighted by Crippen LogP contribution is 2.31. The van der Waals surface area contributed by atoms with Gasteiger partial charge in [0, 0.05) is 13.0 Å². The monoisotopic (exact) mass is 490 g/mol. The van der Waals surface area contributed by atoms with E-state index in [0.717, 1.165) is 31.7 Å². The predicted molar refractivity (Wildman–Crippen MR) is 130 cm³/mol. The number of ether oxygens (including phenoxy) is 3. The number of rotatable bonds is 9. The van der Waals surface area contributed by atoms with Gasteiger partial charge in [-0.2, -0.15) is 0 Å². The number of carbonyl (C=O) groups is 3. The van der Waals surface area contributed by atoms with E-state index in [9.17, 15) is 4.79 Å². The number of nitrogens with one attached hydrogen (secondary N) is 1. The number of nitrogens with zero attached hydrogens (tertiary/aromatic N) is 1. The summed E-state index contributed by atoms with van der Waals surface area (Å²) in [5.74, 6) is -2.51. The minimum Gasteiger partial charge on any atom is -0.497 e. The fourth-order valence-electron chi connectivity index (χ4n) is 3.77. The van der Waals surface area contributed by atoms with Gasteiger partial charge in [0.2, 0.25) is 5.91 Å². The van der Waals surface area contributed by atoms with Gasteiger partial charge in [-0.05, 0) is 54.4 Å². The first-order valence-electron chi connectivity index (χ1n) is 11.5. The van der Waals surface area contributed by atoms with Gasteiger partial charge < -0.3 is 29.7 Å². The summed E-state index contributed by atoms with van der Waals surface area (Å²) in [5.41, 5.74) is 1.26. The fraction of sp³-hybridized carbons (Fsp3) is 0.480. The normalized spacial score (nSPS) is 17.4. The number of methoxy groups -OCH3 is 1. The summed E-state index contributed by atoms with van der Waals surface area (Å²) >= 11 is 0. The van der Waals surface area contributed by atoms with Gasteiger partial charge in [0.15, 0.2) is 6.29 Å². The molecule has 0 unspecified atom stereocenters. The Morgan fingerprint density at radius 3 is 2.37 bits per heavy atom. The maximum Gasteiger partial charge on any atom is 0.414 e. The molecular weight excluding hydrogens is 456 g/mol. The second-order valence-corrected chi connectivity index (χ2v) is 8.02. The van der Waals surface area contributed by atoms with E-state index >= 15 is 0 Å². The number of hydrogen-bond acceptors (Lipinski definition) is 7. The first-order valence-corrected chi connectivity index (χ1v) is 11.5. The first-order chi connectivity index (χ1) is 16.8. The van der Waals surface area contributed by atoms with Gasteiger partial charge in [-0.15, -0.1) is 0 Å². The van der Waals surface area contributed by atoms with Crippen LogP contribution in [0.3, 0.4) is 0 Å². The lowest BCUT2D eigenvalue weighted by Gasteiger charge is -2.31. The molecule has 3 rings (SSSR count). The zero-order valence-electron chi connectivity index (χ0n) is 20.4. The Labute approximate surface area is 204 Å². The van der Waals surface area contributed by atoms with Gasteiger partial charge in [-0.25, -0.2) is 9.59 Å². The van der Waals surface area contributed by atoms with Crippen LogP contribution in [0.5, 0.6) is 5.75 Å². The van der Waals surface area contributed by atoms with Crippen LogP contribution in [0.2, 0.25) is 0 Å². The van der Waals surface area contributed by atoms with Crippen LogP contribution in [0.4, 0.5) is 0 Å². The van der Waals surface area contributed by atoms with Crippen molar-refractivity contribution in [3.63, 3.8) is 0 Å². The molecule has 1 heterocycles. The maximum atomic E-state index is 11.5. The highest BCUT2D eigenvalue weighted by molar-refractivity contribution is 6.27. The lowest BCUT2D eigenvalue weighted by Crippen LogP contribution is -2.37. The summed E-state index contributed by atoms with van der Waals surface area (Å²) < 4.78 is 17.4. The SMILES string of the molecule is CCN(CCCC1OCC(c2cccc3cc(OC)ccc23)CO1)CC(=O)NC.O=C(O)C(=O)O. The highest BCUT2D eigenvalue weighted by atomic mass is 16.7. The molecule has 0 aromatic heterocycles. The molecule has 192 valence electrons. The number of benzene rings is 2. The molecule has 1 aliphatic heterocycles. The Morgan fingerprint density at radius 2 is 1.80 bits per heavy atom. The zero-order chi connectivity index (χ0) is 25.8. The molecule has 0 atom stereocenters. The Kier molecular flexibility index (Phi) is 11.4. The molecule has 2 aromatic rings. The minimum atomic E-state index is -1.82. The topological polar surface area (TPSA) is 135 Å². The van der Waals surface area contributed by atoms with Crippen LogP contribution >= 0.6 is 0 Å². The van der Waals surface area contributed by atoms with Crippen molar-refractivity contribution in [3.05, 3.63) is 42.0 Å². The van der Waals surface area contributed by atoms with Gasteiger partial charge in [0.1, 0.15) is 5.75 Å². The molecule has 0 aliphatic carbocycles. The molecular formula is C25H34N2O8. The Balaban J connectivity index is 0.000000641. The summed E-state index contributed by atoms with van der Waals surface area (Å²) in [6.07, 6.45) is 1.61. The van der Waals surface area contributed by atoms with E-state index < -0.39 is 11.9 Å². The number of carbonyl (C=O) groups excluding carboxylic acids is 1. The Morgan fingerprint density at radius 1 is 1.11 bits per heavy atom. The van der Waals surface area contributed by atoms with Crippen molar-refractivity contribution in [1.82, 2.24) is 10.2 Å². The van der Waals surface area contributed by atoms with E-state index in [2.05, 4.69) is 47.5 Å². The first kappa shape index (κ1) is 28.0. The second kappa shape index (κ2) is 14.2. The fourth-order valence-corrected chi connectivity index (χ4v) is 3.77. The molecule has 35 heavy (non-hydrogen) atoms. The molecule has 0 radical (unpaired) electrons. The second-order valence-electron chi connectivity index (χ2n) is 8.02. The van der Waals surface area contributed by atoms with Crippen molar-refractivity contribution >= 4 is 28.6 Å². The average Bonchev–Trinajstić information content (AvgIpc) is 2.87. The Bertz CT molecular complexity index is 977. The Hall–Kier alpha value is -3.21. The number of amides is 1. The van der Waals surface area contributed by atoms with E-state index in [1.165, 1.54) is 16.3 Å². The lowest BCUT2D eigenvalue weighted by molar-refractivity contribution is -0.190. The van der Waals surface area contributed by atoms with Crippen LogP contribution in [0.15, 0.2) is 36.4 Å². The summed E-state index contributed by atoms with van der Waals surface area (Å²) in [6.45, 7) is 5.54. The zero-order valence-corrected chi connectivity index (χ0v) is 20.4. The van der Waals surface area contributed by atoms with E-state index in [4.69, 9.17) is 34.0 Å². The quantitative estimate of drug-likeness (QED) is 0.453. The third-order valence-corrected chi connectivity index (χ3v) is 5.72. The molecule has 10 nitrogen and oxygen atoms in total. The van der Waals surface area contributed by atoms with E-state index in [-0.39, 0.29) is 18.1 Å². The van der Waals surface area contributed by atoms with Crippen LogP contribution in [0.1, 0.15) is 31.2 Å². The molecule has 10 heteroatoms. The smallest absolute Gasteiger partial charge is 0.414 e. The van der Waals surface area contributed by atoms with Crippen LogP contribution in [0.25, 0.3) is 10.8 Å². The van der Waals surface area contributed by atoms with Crippen molar-refractivity contribution < 1.29 is 38.8 Å². The molecule has 0 spiro atoms. The van der Waals surface area contributed by atoms with Crippen LogP contribution in [-0.2, 0) is 23.9 Å². The van der Waals surface area contributed by atoms with Gasteiger partial charge in [0.05, 0.1) is 26.9 Å². The van der Waals surface area contributed by atoms with Crippen LogP contribution < -0.4 is 10.1 Å². The third kappa shape index (κ3) is 8.82. The molecule has 1 fully saturated rings. The third-order valence-electron chi connectivity index (χ3n) is 5.72. The average molecular weight is 491 g/mol. The summed E-state index contributed by atoms with van der Waals surface area (Å²) in [4.78, 5) is 31.9. The summed E-state index contributed by atoms with van der Waals surface area (Å²) in [6, 6.07) is 12.5. The molecule has 1 amide bonds. The van der Waals surface area contributed by atoms with Gasteiger partial charge >= 0.3 is 11.9 Å². The van der Waals surface area contributed by atoms with Crippen LogP contribution in [-0.4, -0.2) is 86.3 Å². The highest BCUT2D eigenvalue weighted by Gasteiger charge is 2.24. The van der Waals surface area contributed by atoms with Crippen molar-refractivity contribution in [1.29, 1.82) is 0 Å². The standard InChI is InChI=1S/C23H32N2O4.C2H2O4/c1-4-25(14-22(26)24-2)12-6-9-23-28-15-18(16-29-23)20-8-5-7-17-13-19(27-3)10-11-21(17)20;3-1(4)2(5)6/h5,7-8,10-11,13,18,23H,4,6,9,12,14-16H2,1-3H3,(H,24,26);(H,3,4)(H,5,6). The van der Waals surface area contributed by atoms with Crippen molar-refractivity contribution in [2.75, 3.05) is 47.0 Å². The maximum absolute atomic E-state index is 11.5. The number of hydrogen-bond donors (Lipinski definition) is 3. The van der Waals surface area contributed by atoms with Crippen molar-refractivity contribution in [2.24, 2.45) is 0 Å². The largest absolute Gasteiger partial charge is 0.497 e. The molecule has 0 saturated carbocycles. The van der Waals surface area contributed by atoms with Gasteiger partial charge in [-0.3, -0.25) is 9.69 Å². The molecule has 3 N–H and O–H groups in total. The van der Waals surface area contributed by atoms with Crippen LogP contribution in [0, 0.1) is 0 Å². The summed E-state index contributed by atoms with van der Waals surface area (Å²) in [5, 5.41) is 19.8. The van der Waals surface area contributed by atoms with Gasteiger partial charge in [0.25, 0.3) is 0 Å². The van der Waals surface area contributed by atoms with E-state index in [1.807, 2.05) is 6.07 Å². The molecule has 1 saturated heterocycles. The molecule has 2 aromatic carbocycles.